The van der Waals surface area contributed by atoms with Crippen LogP contribution in [0.5, 0.6) is 5.75 Å². The number of hydrogen-bond donors (Lipinski definition) is 1. The molecular weight excluding hydrogens is 208 g/mol. The molecule has 0 saturated carbocycles. The van der Waals surface area contributed by atoms with Crippen molar-refractivity contribution in [2.24, 2.45) is 0 Å². The number of ether oxygens (including phenoxy) is 2. The van der Waals surface area contributed by atoms with E-state index >= 15 is 0 Å². The van der Waals surface area contributed by atoms with Crippen LogP contribution in [0.3, 0.4) is 0 Å². The Labute approximate surface area is 94.8 Å². The zero-order valence-electron chi connectivity index (χ0n) is 9.47. The summed E-state index contributed by atoms with van der Waals surface area (Å²) in [4.78, 5) is 11.3. The highest BCUT2D eigenvalue weighted by Gasteiger charge is 2.18. The standard InChI is InChI=1S/C12H16O4/c1-3-11(12(14)15-2)16-10-6-4-5-9(7-10)8-13/h4-7,11,13H,3,8H2,1-2H3. The van der Waals surface area contributed by atoms with E-state index < -0.39 is 12.1 Å². The molecule has 1 rings (SSSR count). The van der Waals surface area contributed by atoms with Crippen molar-refractivity contribution in [1.29, 1.82) is 0 Å². The first-order valence-electron chi connectivity index (χ1n) is 5.15. The summed E-state index contributed by atoms with van der Waals surface area (Å²) < 4.78 is 10.1. The number of hydrogen-bond acceptors (Lipinski definition) is 4. The normalized spacial score (nSPS) is 11.9. The van der Waals surface area contributed by atoms with Crippen molar-refractivity contribution in [3.8, 4) is 5.75 Å². The van der Waals surface area contributed by atoms with Crippen molar-refractivity contribution < 1.29 is 19.4 Å². The molecule has 1 N–H and O–H groups in total. The molecule has 0 fully saturated rings. The Morgan fingerprint density at radius 3 is 2.81 bits per heavy atom. The molecule has 88 valence electrons. The van der Waals surface area contributed by atoms with Gasteiger partial charge in [0.05, 0.1) is 13.7 Å². The Balaban J connectivity index is 2.73. The minimum absolute atomic E-state index is 0.0494. The van der Waals surface area contributed by atoms with Crippen LogP contribution < -0.4 is 4.74 Å². The Bertz CT molecular complexity index is 349. The van der Waals surface area contributed by atoms with Crippen LogP contribution in [-0.4, -0.2) is 24.3 Å². The third-order valence-corrected chi connectivity index (χ3v) is 2.19. The van der Waals surface area contributed by atoms with Crippen molar-refractivity contribution in [2.45, 2.75) is 26.1 Å². The highest BCUT2D eigenvalue weighted by atomic mass is 16.6. The summed E-state index contributed by atoms with van der Waals surface area (Å²) in [6.45, 7) is 1.80. The van der Waals surface area contributed by atoms with E-state index in [0.29, 0.717) is 12.2 Å². The molecule has 4 heteroatoms. The van der Waals surface area contributed by atoms with Gasteiger partial charge in [0.15, 0.2) is 6.10 Å². The maximum atomic E-state index is 11.3. The van der Waals surface area contributed by atoms with E-state index in [1.807, 2.05) is 6.92 Å². The summed E-state index contributed by atoms with van der Waals surface area (Å²) in [5.41, 5.74) is 0.747. The minimum Gasteiger partial charge on any atom is -0.479 e. The molecule has 0 aliphatic rings. The van der Waals surface area contributed by atoms with Crippen LogP contribution in [0.15, 0.2) is 24.3 Å². The number of aliphatic hydroxyl groups is 1. The second-order valence-electron chi connectivity index (χ2n) is 3.34. The highest BCUT2D eigenvalue weighted by Crippen LogP contribution is 2.16. The maximum absolute atomic E-state index is 11.3. The van der Waals surface area contributed by atoms with Crippen LogP contribution in [-0.2, 0) is 16.1 Å². The predicted molar refractivity (Wildman–Crippen MR) is 59.1 cm³/mol. The molecule has 0 aliphatic carbocycles. The molecule has 1 atom stereocenters. The fraction of sp³-hybridized carbons (Fsp3) is 0.417. The first-order valence-corrected chi connectivity index (χ1v) is 5.15. The zero-order chi connectivity index (χ0) is 12.0. The first kappa shape index (κ1) is 12.5. The van der Waals surface area contributed by atoms with Crippen molar-refractivity contribution in [2.75, 3.05) is 7.11 Å². The number of methoxy groups -OCH3 is 1. The van der Waals surface area contributed by atoms with E-state index in [-0.39, 0.29) is 6.61 Å². The first-order chi connectivity index (χ1) is 7.71. The molecule has 0 bridgehead atoms. The predicted octanol–water partition coefficient (Wildman–Crippen LogP) is 1.51. The van der Waals surface area contributed by atoms with Gasteiger partial charge in [0, 0.05) is 0 Å². The lowest BCUT2D eigenvalue weighted by molar-refractivity contribution is -0.148. The van der Waals surface area contributed by atoms with Gasteiger partial charge in [-0.25, -0.2) is 4.79 Å². The van der Waals surface area contributed by atoms with Gasteiger partial charge in [-0.3, -0.25) is 0 Å². The Morgan fingerprint density at radius 1 is 1.50 bits per heavy atom. The van der Waals surface area contributed by atoms with Crippen molar-refractivity contribution in [1.82, 2.24) is 0 Å². The fourth-order valence-corrected chi connectivity index (χ4v) is 1.31. The summed E-state index contributed by atoms with van der Waals surface area (Å²) in [6.07, 6.45) is -0.0605. The van der Waals surface area contributed by atoms with Crippen LogP contribution in [0.25, 0.3) is 0 Å². The van der Waals surface area contributed by atoms with Crippen LogP contribution in [0.4, 0.5) is 0 Å². The molecule has 0 amide bonds. The largest absolute Gasteiger partial charge is 0.479 e. The lowest BCUT2D eigenvalue weighted by Crippen LogP contribution is -2.27. The molecular formula is C12H16O4. The molecule has 4 nitrogen and oxygen atoms in total. The van der Waals surface area contributed by atoms with Gasteiger partial charge in [0.25, 0.3) is 0 Å². The van der Waals surface area contributed by atoms with E-state index in [1.165, 1.54) is 7.11 Å². The van der Waals surface area contributed by atoms with Gasteiger partial charge in [-0.2, -0.15) is 0 Å². The third-order valence-electron chi connectivity index (χ3n) is 2.19. The summed E-state index contributed by atoms with van der Waals surface area (Å²) >= 11 is 0. The third kappa shape index (κ3) is 3.24. The van der Waals surface area contributed by atoms with E-state index in [4.69, 9.17) is 9.84 Å². The van der Waals surface area contributed by atoms with Crippen molar-refractivity contribution >= 4 is 5.97 Å². The number of aliphatic hydroxyl groups excluding tert-OH is 1. The Hall–Kier alpha value is -1.55. The molecule has 0 radical (unpaired) electrons. The lowest BCUT2D eigenvalue weighted by Gasteiger charge is -2.15. The highest BCUT2D eigenvalue weighted by molar-refractivity contribution is 5.74. The Kier molecular flexibility index (Phi) is 4.79. The number of carbonyl (C=O) groups is 1. The quantitative estimate of drug-likeness (QED) is 0.770. The molecule has 16 heavy (non-hydrogen) atoms. The summed E-state index contributed by atoms with van der Waals surface area (Å²) in [7, 11) is 1.33. The summed E-state index contributed by atoms with van der Waals surface area (Å²) in [5, 5.41) is 8.96. The zero-order valence-corrected chi connectivity index (χ0v) is 9.47. The average molecular weight is 224 g/mol. The topological polar surface area (TPSA) is 55.8 Å². The van der Waals surface area contributed by atoms with E-state index in [2.05, 4.69) is 4.74 Å². The smallest absolute Gasteiger partial charge is 0.347 e. The van der Waals surface area contributed by atoms with Crippen LogP contribution in [0, 0.1) is 0 Å². The fourth-order valence-electron chi connectivity index (χ4n) is 1.31. The van der Waals surface area contributed by atoms with E-state index in [1.54, 1.807) is 24.3 Å². The van der Waals surface area contributed by atoms with E-state index in [0.717, 1.165) is 5.56 Å². The summed E-state index contributed by atoms with van der Waals surface area (Å²) in [6, 6.07) is 6.99. The van der Waals surface area contributed by atoms with Crippen molar-refractivity contribution in [3.05, 3.63) is 29.8 Å². The SMILES string of the molecule is CCC(Oc1cccc(CO)c1)C(=O)OC. The molecule has 1 aromatic rings. The second-order valence-corrected chi connectivity index (χ2v) is 3.34. The van der Waals surface area contributed by atoms with Gasteiger partial charge in [-0.05, 0) is 24.1 Å². The molecule has 0 saturated heterocycles. The number of esters is 1. The van der Waals surface area contributed by atoms with Gasteiger partial charge in [0.1, 0.15) is 5.75 Å². The van der Waals surface area contributed by atoms with Gasteiger partial charge in [0.2, 0.25) is 0 Å². The van der Waals surface area contributed by atoms with Crippen molar-refractivity contribution in [3.63, 3.8) is 0 Å². The van der Waals surface area contributed by atoms with Crippen LogP contribution >= 0.6 is 0 Å². The van der Waals surface area contributed by atoms with Gasteiger partial charge < -0.3 is 14.6 Å². The maximum Gasteiger partial charge on any atom is 0.347 e. The number of rotatable bonds is 5. The molecule has 0 aliphatic heterocycles. The van der Waals surface area contributed by atoms with Gasteiger partial charge in [-0.15, -0.1) is 0 Å². The van der Waals surface area contributed by atoms with Gasteiger partial charge in [-0.1, -0.05) is 19.1 Å². The second kappa shape index (κ2) is 6.12. The molecule has 0 spiro atoms. The van der Waals surface area contributed by atoms with Gasteiger partial charge >= 0.3 is 5.97 Å². The lowest BCUT2D eigenvalue weighted by atomic mass is 10.2. The Morgan fingerprint density at radius 2 is 2.25 bits per heavy atom. The summed E-state index contributed by atoms with van der Waals surface area (Å²) in [5.74, 6) is 0.167. The molecule has 1 unspecified atom stereocenters. The van der Waals surface area contributed by atoms with Crippen LogP contribution in [0.2, 0.25) is 0 Å². The molecule has 0 aromatic heterocycles. The average Bonchev–Trinajstić information content (AvgIpc) is 2.35. The molecule has 0 heterocycles. The van der Waals surface area contributed by atoms with Crippen LogP contribution in [0.1, 0.15) is 18.9 Å². The monoisotopic (exact) mass is 224 g/mol. The van der Waals surface area contributed by atoms with E-state index in [9.17, 15) is 4.79 Å². The molecule has 1 aromatic carbocycles. The number of carbonyl (C=O) groups excluding carboxylic acids is 1. The minimum atomic E-state index is -0.598. The number of benzene rings is 1.